The molecule has 1 unspecified atom stereocenters. The highest BCUT2D eigenvalue weighted by Crippen LogP contribution is 2.51. The second-order valence-electron chi connectivity index (χ2n) is 7.29. The van der Waals surface area contributed by atoms with Gasteiger partial charge in [-0.2, -0.15) is 0 Å². The number of unbranched alkanes of at least 4 members (excludes halogenated alkanes) is 4. The molecule has 0 aromatic carbocycles. The van der Waals surface area contributed by atoms with Crippen LogP contribution in [0.2, 0.25) is 0 Å². The lowest BCUT2D eigenvalue weighted by molar-refractivity contribution is -0.225. The highest BCUT2D eigenvalue weighted by molar-refractivity contribution is 4.94. The Labute approximate surface area is 127 Å². The summed E-state index contributed by atoms with van der Waals surface area (Å²) in [5.41, 5.74) is 0.214. The van der Waals surface area contributed by atoms with E-state index in [1.807, 2.05) is 0 Å². The summed E-state index contributed by atoms with van der Waals surface area (Å²) >= 11 is 0. The van der Waals surface area contributed by atoms with Crippen molar-refractivity contribution in [1.82, 2.24) is 0 Å². The van der Waals surface area contributed by atoms with E-state index in [0.29, 0.717) is 5.92 Å². The fourth-order valence-electron chi connectivity index (χ4n) is 3.40. The lowest BCUT2D eigenvalue weighted by Gasteiger charge is -2.51. The van der Waals surface area contributed by atoms with E-state index in [4.69, 9.17) is 9.47 Å². The third kappa shape index (κ3) is 4.73. The maximum atomic E-state index is 5.63. The van der Waals surface area contributed by atoms with Gasteiger partial charge in [0, 0.05) is 19.6 Å². The Balaban J connectivity index is 4.78. The topological polar surface area (TPSA) is 18.5 Å². The van der Waals surface area contributed by atoms with Crippen LogP contribution in [-0.4, -0.2) is 20.5 Å². The van der Waals surface area contributed by atoms with Crippen molar-refractivity contribution in [2.45, 2.75) is 86.4 Å². The van der Waals surface area contributed by atoms with Gasteiger partial charge in [0.25, 0.3) is 0 Å². The summed E-state index contributed by atoms with van der Waals surface area (Å²) < 4.78 is 11.3. The van der Waals surface area contributed by atoms with Crippen molar-refractivity contribution in [1.29, 1.82) is 0 Å². The van der Waals surface area contributed by atoms with Gasteiger partial charge in [-0.25, -0.2) is 0 Å². The van der Waals surface area contributed by atoms with E-state index < -0.39 is 0 Å². The number of hydrogen-bond acceptors (Lipinski definition) is 2. The normalized spacial score (nSPS) is 15.9. The molecule has 0 radical (unpaired) electrons. The Hall–Kier alpha value is -0.0800. The SMILES string of the molecule is CCCCCCCC(C)(C)C(C)(C(C)C)C(OC)OC. The zero-order valence-corrected chi connectivity index (χ0v) is 15.2. The van der Waals surface area contributed by atoms with Crippen LogP contribution < -0.4 is 0 Å². The Bertz CT molecular complexity index is 244. The molecule has 0 heterocycles. The molecular weight excluding hydrogens is 248 g/mol. The highest BCUT2D eigenvalue weighted by atomic mass is 16.7. The van der Waals surface area contributed by atoms with Crippen LogP contribution in [-0.2, 0) is 9.47 Å². The van der Waals surface area contributed by atoms with E-state index in [0.717, 1.165) is 0 Å². The molecule has 0 aliphatic rings. The highest BCUT2D eigenvalue weighted by Gasteiger charge is 2.49. The zero-order valence-electron chi connectivity index (χ0n) is 15.2. The third-order valence-corrected chi connectivity index (χ3v) is 5.48. The summed E-state index contributed by atoms with van der Waals surface area (Å²) in [5, 5.41) is 0. The van der Waals surface area contributed by atoms with Gasteiger partial charge in [0.2, 0.25) is 0 Å². The second-order valence-corrected chi connectivity index (χ2v) is 7.29. The molecule has 0 spiro atoms. The smallest absolute Gasteiger partial charge is 0.162 e. The maximum Gasteiger partial charge on any atom is 0.162 e. The van der Waals surface area contributed by atoms with Gasteiger partial charge in [0.1, 0.15) is 0 Å². The molecule has 0 aromatic rings. The summed E-state index contributed by atoms with van der Waals surface area (Å²) in [4.78, 5) is 0. The first-order valence-corrected chi connectivity index (χ1v) is 8.33. The third-order valence-electron chi connectivity index (χ3n) is 5.48. The van der Waals surface area contributed by atoms with E-state index in [1.165, 1.54) is 38.5 Å². The van der Waals surface area contributed by atoms with E-state index >= 15 is 0 Å². The summed E-state index contributed by atoms with van der Waals surface area (Å²) in [7, 11) is 3.51. The molecule has 0 saturated carbocycles. The zero-order chi connectivity index (χ0) is 15.8. The van der Waals surface area contributed by atoms with Crippen LogP contribution in [0.15, 0.2) is 0 Å². The van der Waals surface area contributed by atoms with Crippen molar-refractivity contribution in [3.8, 4) is 0 Å². The van der Waals surface area contributed by atoms with Gasteiger partial charge in [-0.3, -0.25) is 0 Å². The van der Waals surface area contributed by atoms with Crippen LogP contribution in [0.25, 0.3) is 0 Å². The predicted molar refractivity (Wildman–Crippen MR) is 87.9 cm³/mol. The van der Waals surface area contributed by atoms with E-state index in [2.05, 4.69) is 41.5 Å². The van der Waals surface area contributed by atoms with Crippen molar-refractivity contribution in [2.75, 3.05) is 14.2 Å². The molecule has 20 heavy (non-hydrogen) atoms. The quantitative estimate of drug-likeness (QED) is 0.361. The van der Waals surface area contributed by atoms with Crippen LogP contribution in [0, 0.1) is 16.7 Å². The molecule has 0 fully saturated rings. The molecular formula is C18H38O2. The van der Waals surface area contributed by atoms with Crippen LogP contribution in [0.4, 0.5) is 0 Å². The minimum atomic E-state index is -0.145. The molecule has 0 saturated heterocycles. The van der Waals surface area contributed by atoms with Crippen LogP contribution in [0.1, 0.15) is 80.1 Å². The van der Waals surface area contributed by atoms with E-state index in [9.17, 15) is 0 Å². The van der Waals surface area contributed by atoms with Gasteiger partial charge in [0.05, 0.1) is 0 Å². The molecule has 0 aliphatic heterocycles. The number of rotatable bonds is 11. The number of methoxy groups -OCH3 is 2. The lowest BCUT2D eigenvalue weighted by atomic mass is 9.58. The first-order chi connectivity index (χ1) is 9.27. The van der Waals surface area contributed by atoms with Gasteiger partial charge in [-0.05, 0) is 17.8 Å². The first kappa shape index (κ1) is 19.9. The Kier molecular flexibility index (Phi) is 9.01. The average Bonchev–Trinajstić information content (AvgIpc) is 2.39. The molecule has 122 valence electrons. The minimum Gasteiger partial charge on any atom is -0.355 e. The predicted octanol–water partition coefficient (Wildman–Crippen LogP) is 5.65. The summed E-state index contributed by atoms with van der Waals surface area (Å²) in [6, 6.07) is 0. The van der Waals surface area contributed by atoms with Gasteiger partial charge in [-0.15, -0.1) is 0 Å². The van der Waals surface area contributed by atoms with Crippen molar-refractivity contribution in [3.05, 3.63) is 0 Å². The maximum absolute atomic E-state index is 5.63. The molecule has 2 heteroatoms. The summed E-state index contributed by atoms with van der Waals surface area (Å²) in [6.45, 7) is 13.9. The molecule has 1 atom stereocenters. The first-order valence-electron chi connectivity index (χ1n) is 8.33. The van der Waals surface area contributed by atoms with Crippen LogP contribution in [0.5, 0.6) is 0 Å². The molecule has 0 amide bonds. The molecule has 0 N–H and O–H groups in total. The molecule has 0 aliphatic carbocycles. The lowest BCUT2D eigenvalue weighted by Crippen LogP contribution is -2.50. The van der Waals surface area contributed by atoms with Crippen molar-refractivity contribution in [2.24, 2.45) is 16.7 Å². The van der Waals surface area contributed by atoms with Gasteiger partial charge in [0.15, 0.2) is 6.29 Å². The largest absolute Gasteiger partial charge is 0.355 e. The van der Waals surface area contributed by atoms with Gasteiger partial charge < -0.3 is 9.47 Å². The Morgan fingerprint density at radius 2 is 1.35 bits per heavy atom. The van der Waals surface area contributed by atoms with Crippen LogP contribution >= 0.6 is 0 Å². The number of ether oxygens (including phenoxy) is 2. The molecule has 2 nitrogen and oxygen atoms in total. The standard InChI is InChI=1S/C18H38O2/c1-9-10-11-12-13-14-17(4,5)18(6,15(2)3)16(19-7)20-8/h15-16H,9-14H2,1-8H3. The van der Waals surface area contributed by atoms with Crippen molar-refractivity contribution in [3.63, 3.8) is 0 Å². The van der Waals surface area contributed by atoms with Gasteiger partial charge >= 0.3 is 0 Å². The number of hydrogen-bond donors (Lipinski definition) is 0. The summed E-state index contributed by atoms with van der Waals surface area (Å²) in [6.07, 6.45) is 7.76. The van der Waals surface area contributed by atoms with Gasteiger partial charge in [-0.1, -0.05) is 73.6 Å². The molecule has 0 rings (SSSR count). The summed E-state index contributed by atoms with van der Waals surface area (Å²) in [5.74, 6) is 0.512. The Morgan fingerprint density at radius 1 is 0.850 bits per heavy atom. The monoisotopic (exact) mass is 286 g/mol. The molecule has 0 bridgehead atoms. The van der Waals surface area contributed by atoms with Crippen molar-refractivity contribution >= 4 is 0 Å². The fourth-order valence-corrected chi connectivity index (χ4v) is 3.40. The van der Waals surface area contributed by atoms with E-state index in [-0.39, 0.29) is 17.1 Å². The average molecular weight is 286 g/mol. The van der Waals surface area contributed by atoms with E-state index in [1.54, 1.807) is 14.2 Å². The fraction of sp³-hybridized carbons (Fsp3) is 1.00. The van der Waals surface area contributed by atoms with Crippen LogP contribution in [0.3, 0.4) is 0 Å². The second kappa shape index (κ2) is 9.04. The molecule has 0 aromatic heterocycles. The minimum absolute atomic E-state index is 0.0151. The van der Waals surface area contributed by atoms with Crippen molar-refractivity contribution < 1.29 is 9.47 Å². The Morgan fingerprint density at radius 3 is 1.75 bits per heavy atom.